The molecule has 1 amide bonds. The van der Waals surface area contributed by atoms with E-state index in [1.807, 2.05) is 12.1 Å². The first-order chi connectivity index (χ1) is 12.0. The molecule has 25 heavy (non-hydrogen) atoms. The van der Waals surface area contributed by atoms with Crippen molar-refractivity contribution < 1.29 is 28.5 Å². The summed E-state index contributed by atoms with van der Waals surface area (Å²) in [6.07, 6.45) is 0.462. The van der Waals surface area contributed by atoms with Crippen LogP contribution < -0.4 is 9.47 Å². The number of hydrogen-bond acceptors (Lipinski definition) is 6. The monoisotopic (exact) mass is 349 g/mol. The molecule has 0 aliphatic carbocycles. The van der Waals surface area contributed by atoms with Crippen molar-refractivity contribution in [2.45, 2.75) is 19.9 Å². The average molecular weight is 349 g/mol. The zero-order valence-electron chi connectivity index (χ0n) is 15.0. The van der Waals surface area contributed by atoms with Crippen molar-refractivity contribution in [1.29, 1.82) is 0 Å². The van der Waals surface area contributed by atoms with Crippen LogP contribution in [0.1, 0.15) is 18.9 Å². The molecule has 0 radical (unpaired) electrons. The van der Waals surface area contributed by atoms with Crippen LogP contribution in [-0.2, 0) is 25.6 Å². The molecule has 1 aromatic rings. The van der Waals surface area contributed by atoms with Gasteiger partial charge in [-0.25, -0.2) is 4.79 Å². The normalized spacial score (nSPS) is 14.4. The number of carbonyl (C=O) groups excluding carboxylic acids is 2. The van der Waals surface area contributed by atoms with Gasteiger partial charge in [-0.2, -0.15) is 0 Å². The maximum atomic E-state index is 12.7. The molecule has 1 aliphatic rings. The minimum atomic E-state index is -0.652. The number of benzene rings is 1. The number of ether oxygens (including phenoxy) is 4. The molecule has 2 rings (SSSR count). The van der Waals surface area contributed by atoms with Crippen molar-refractivity contribution in [3.05, 3.63) is 35.1 Å². The van der Waals surface area contributed by atoms with Crippen LogP contribution in [0.15, 0.2) is 29.5 Å². The molecule has 1 aromatic carbocycles. The second kappa shape index (κ2) is 8.41. The Morgan fingerprint density at radius 1 is 1.12 bits per heavy atom. The van der Waals surface area contributed by atoms with E-state index in [4.69, 9.17) is 18.9 Å². The fraction of sp³-hybridized carbons (Fsp3) is 0.444. The summed E-state index contributed by atoms with van der Waals surface area (Å²) >= 11 is 0. The quantitative estimate of drug-likeness (QED) is 0.553. The van der Waals surface area contributed by atoms with E-state index in [9.17, 15) is 9.59 Å². The lowest BCUT2D eigenvalue weighted by molar-refractivity contribution is -0.143. The van der Waals surface area contributed by atoms with Gasteiger partial charge in [0.2, 0.25) is 0 Å². The lowest BCUT2D eigenvalue weighted by atomic mass is 10.1. The number of esters is 1. The van der Waals surface area contributed by atoms with E-state index < -0.39 is 11.9 Å². The Labute approximate surface area is 147 Å². The predicted octanol–water partition coefficient (Wildman–Crippen LogP) is 1.90. The van der Waals surface area contributed by atoms with E-state index in [1.165, 1.54) is 7.11 Å². The molecule has 0 saturated carbocycles. The smallest absolute Gasteiger partial charge is 0.347 e. The number of hydrogen-bond donors (Lipinski definition) is 0. The SMILES string of the molecule is CCOC(=O)C1=C(OC)CCN(Cc2ccc(OC)c(OC)c2)C1=O. The van der Waals surface area contributed by atoms with Gasteiger partial charge in [-0.1, -0.05) is 6.07 Å². The van der Waals surface area contributed by atoms with E-state index in [-0.39, 0.29) is 12.2 Å². The van der Waals surface area contributed by atoms with E-state index in [0.29, 0.717) is 36.8 Å². The van der Waals surface area contributed by atoms with Gasteiger partial charge in [-0.15, -0.1) is 0 Å². The molecule has 0 aromatic heterocycles. The Balaban J connectivity index is 2.23. The van der Waals surface area contributed by atoms with Gasteiger partial charge in [-0.3, -0.25) is 4.79 Å². The zero-order chi connectivity index (χ0) is 18.4. The number of amides is 1. The molecule has 1 heterocycles. The van der Waals surface area contributed by atoms with E-state index in [2.05, 4.69) is 0 Å². The van der Waals surface area contributed by atoms with Gasteiger partial charge in [-0.05, 0) is 24.6 Å². The van der Waals surface area contributed by atoms with Gasteiger partial charge >= 0.3 is 5.97 Å². The summed E-state index contributed by atoms with van der Waals surface area (Å²) in [5, 5.41) is 0. The van der Waals surface area contributed by atoms with Crippen molar-refractivity contribution in [2.24, 2.45) is 0 Å². The fourth-order valence-electron chi connectivity index (χ4n) is 2.70. The number of nitrogens with zero attached hydrogens (tertiary/aromatic N) is 1. The third kappa shape index (κ3) is 4.04. The van der Waals surface area contributed by atoms with E-state index in [0.717, 1.165) is 5.56 Å². The Hall–Kier alpha value is -2.70. The first kappa shape index (κ1) is 18.6. The molecule has 136 valence electrons. The first-order valence-corrected chi connectivity index (χ1v) is 8.00. The molecule has 0 fully saturated rings. The minimum Gasteiger partial charge on any atom is -0.500 e. The highest BCUT2D eigenvalue weighted by atomic mass is 16.5. The molecule has 0 bridgehead atoms. The van der Waals surface area contributed by atoms with Crippen LogP contribution in [0.25, 0.3) is 0 Å². The van der Waals surface area contributed by atoms with Crippen LogP contribution in [0.3, 0.4) is 0 Å². The maximum absolute atomic E-state index is 12.7. The molecule has 1 aliphatic heterocycles. The summed E-state index contributed by atoms with van der Waals surface area (Å²) in [5.41, 5.74) is 0.839. The largest absolute Gasteiger partial charge is 0.500 e. The second-order valence-corrected chi connectivity index (χ2v) is 5.39. The second-order valence-electron chi connectivity index (χ2n) is 5.39. The van der Waals surface area contributed by atoms with Gasteiger partial charge in [0.25, 0.3) is 5.91 Å². The van der Waals surface area contributed by atoms with Crippen molar-refractivity contribution >= 4 is 11.9 Å². The molecule has 0 spiro atoms. The van der Waals surface area contributed by atoms with E-state index >= 15 is 0 Å². The van der Waals surface area contributed by atoms with Gasteiger partial charge in [0, 0.05) is 19.5 Å². The molecule has 7 heteroatoms. The number of methoxy groups -OCH3 is 3. The zero-order valence-corrected chi connectivity index (χ0v) is 15.0. The van der Waals surface area contributed by atoms with Gasteiger partial charge < -0.3 is 23.8 Å². The van der Waals surface area contributed by atoms with Gasteiger partial charge in [0.05, 0.1) is 27.9 Å². The summed E-state index contributed by atoms with van der Waals surface area (Å²) in [7, 11) is 4.57. The van der Waals surface area contributed by atoms with Crippen LogP contribution in [-0.4, -0.2) is 51.3 Å². The molecule has 0 unspecified atom stereocenters. The molecule has 0 N–H and O–H groups in total. The molecular formula is C18H23NO6. The highest BCUT2D eigenvalue weighted by Gasteiger charge is 2.33. The third-order valence-electron chi connectivity index (χ3n) is 3.94. The van der Waals surface area contributed by atoms with Crippen molar-refractivity contribution in [3.63, 3.8) is 0 Å². The Morgan fingerprint density at radius 2 is 1.84 bits per heavy atom. The summed E-state index contributed by atoms with van der Waals surface area (Å²) in [4.78, 5) is 26.4. The number of rotatable bonds is 7. The topological polar surface area (TPSA) is 74.3 Å². The summed E-state index contributed by atoms with van der Waals surface area (Å²) < 4.78 is 20.7. The van der Waals surface area contributed by atoms with Gasteiger partial charge in [0.1, 0.15) is 5.76 Å². The maximum Gasteiger partial charge on any atom is 0.347 e. The first-order valence-electron chi connectivity index (χ1n) is 8.00. The summed E-state index contributed by atoms with van der Waals surface area (Å²) in [5.74, 6) is 0.526. The van der Waals surface area contributed by atoms with Crippen LogP contribution in [0.2, 0.25) is 0 Å². The molecule has 0 atom stereocenters. The summed E-state index contributed by atoms with van der Waals surface area (Å²) in [6, 6.07) is 5.45. The highest BCUT2D eigenvalue weighted by molar-refractivity contribution is 6.17. The van der Waals surface area contributed by atoms with Crippen LogP contribution in [0.5, 0.6) is 11.5 Å². The fourth-order valence-corrected chi connectivity index (χ4v) is 2.70. The predicted molar refractivity (Wildman–Crippen MR) is 90.2 cm³/mol. The Kier molecular flexibility index (Phi) is 6.27. The number of carbonyl (C=O) groups is 2. The lowest BCUT2D eigenvalue weighted by Crippen LogP contribution is -2.40. The molecule has 0 saturated heterocycles. The van der Waals surface area contributed by atoms with Gasteiger partial charge in [0.15, 0.2) is 17.1 Å². The molecule has 7 nitrogen and oxygen atoms in total. The molecular weight excluding hydrogens is 326 g/mol. The third-order valence-corrected chi connectivity index (χ3v) is 3.94. The standard InChI is InChI=1S/C18H23NO6/c1-5-25-18(21)16-14(23-3)8-9-19(17(16)20)11-12-6-7-13(22-2)15(10-12)24-4/h6-7,10H,5,8-9,11H2,1-4H3. The van der Waals surface area contributed by atoms with Crippen LogP contribution >= 0.6 is 0 Å². The lowest BCUT2D eigenvalue weighted by Gasteiger charge is -2.29. The minimum absolute atomic E-state index is 0.0314. The highest BCUT2D eigenvalue weighted by Crippen LogP contribution is 2.29. The van der Waals surface area contributed by atoms with Crippen molar-refractivity contribution in [1.82, 2.24) is 4.90 Å². The van der Waals surface area contributed by atoms with Crippen molar-refractivity contribution in [3.8, 4) is 11.5 Å². The summed E-state index contributed by atoms with van der Waals surface area (Å²) in [6.45, 7) is 2.69. The van der Waals surface area contributed by atoms with Crippen LogP contribution in [0.4, 0.5) is 0 Å². The van der Waals surface area contributed by atoms with E-state index in [1.54, 1.807) is 32.1 Å². The Bertz CT molecular complexity index is 682. The van der Waals surface area contributed by atoms with Crippen LogP contribution in [0, 0.1) is 0 Å². The average Bonchev–Trinajstić information content (AvgIpc) is 2.63. The Morgan fingerprint density at radius 3 is 2.44 bits per heavy atom. The van der Waals surface area contributed by atoms with Crippen molar-refractivity contribution in [2.75, 3.05) is 34.5 Å².